The number of rotatable bonds is 7. The molecule has 0 bridgehead atoms. The third-order valence-corrected chi connectivity index (χ3v) is 5.32. The van der Waals surface area contributed by atoms with Gasteiger partial charge in [0.2, 0.25) is 11.8 Å². The average molecular weight is 395 g/mol. The number of nitrogens with one attached hydrogen (secondary N) is 2. The summed E-state index contributed by atoms with van der Waals surface area (Å²) in [5, 5.41) is 6.84. The van der Waals surface area contributed by atoms with Gasteiger partial charge in [-0.15, -0.1) is 0 Å². The van der Waals surface area contributed by atoms with Crippen LogP contribution in [0.1, 0.15) is 12.8 Å². The zero-order valence-corrected chi connectivity index (χ0v) is 16.4. The molecule has 8 heteroatoms. The number of hydrogen-bond acceptors (Lipinski definition) is 5. The van der Waals surface area contributed by atoms with E-state index in [1.165, 1.54) is 0 Å². The predicted octanol–water partition coefficient (Wildman–Crippen LogP) is 1.11. The molecular weight excluding hydrogens is 368 g/mol. The van der Waals surface area contributed by atoms with Crippen LogP contribution in [0.2, 0.25) is 5.02 Å². The van der Waals surface area contributed by atoms with E-state index in [0.29, 0.717) is 29.5 Å². The van der Waals surface area contributed by atoms with Crippen LogP contribution < -0.4 is 20.3 Å². The van der Waals surface area contributed by atoms with Crippen LogP contribution >= 0.6 is 11.6 Å². The average Bonchev–Trinajstić information content (AvgIpc) is 3.07. The number of carbonyl (C=O) groups is 2. The van der Waals surface area contributed by atoms with Crippen LogP contribution in [0.5, 0.6) is 5.75 Å². The van der Waals surface area contributed by atoms with Gasteiger partial charge in [0.1, 0.15) is 5.75 Å². The Morgan fingerprint density at radius 2 is 2.15 bits per heavy atom. The molecule has 2 saturated heterocycles. The van der Waals surface area contributed by atoms with E-state index in [1.54, 1.807) is 30.2 Å². The molecule has 2 amide bonds. The molecule has 1 unspecified atom stereocenters. The van der Waals surface area contributed by atoms with E-state index >= 15 is 0 Å². The molecule has 27 heavy (non-hydrogen) atoms. The monoisotopic (exact) mass is 394 g/mol. The van der Waals surface area contributed by atoms with Crippen molar-refractivity contribution in [3.05, 3.63) is 23.2 Å². The van der Waals surface area contributed by atoms with E-state index in [-0.39, 0.29) is 24.2 Å². The zero-order valence-electron chi connectivity index (χ0n) is 15.7. The second-order valence-electron chi connectivity index (χ2n) is 6.96. The first-order valence-electron chi connectivity index (χ1n) is 9.43. The molecule has 1 atom stereocenters. The molecule has 0 spiro atoms. The van der Waals surface area contributed by atoms with Crippen LogP contribution in [0.3, 0.4) is 0 Å². The fourth-order valence-corrected chi connectivity index (χ4v) is 3.75. The molecule has 7 nitrogen and oxygen atoms in total. The van der Waals surface area contributed by atoms with Crippen molar-refractivity contribution in [2.45, 2.75) is 12.8 Å². The summed E-state index contributed by atoms with van der Waals surface area (Å²) in [5.41, 5.74) is 0.615. The van der Waals surface area contributed by atoms with Crippen molar-refractivity contribution in [2.75, 3.05) is 57.8 Å². The highest BCUT2D eigenvalue weighted by molar-refractivity contribution is 6.31. The van der Waals surface area contributed by atoms with Crippen molar-refractivity contribution in [3.8, 4) is 5.75 Å². The van der Waals surface area contributed by atoms with Crippen LogP contribution in [0.15, 0.2) is 18.2 Å². The van der Waals surface area contributed by atoms with E-state index in [1.807, 2.05) is 0 Å². The van der Waals surface area contributed by atoms with Gasteiger partial charge in [-0.1, -0.05) is 11.6 Å². The molecule has 0 aromatic heterocycles. The van der Waals surface area contributed by atoms with Crippen LogP contribution in [0, 0.1) is 5.92 Å². The van der Waals surface area contributed by atoms with E-state index < -0.39 is 0 Å². The molecule has 1 aromatic rings. The summed E-state index contributed by atoms with van der Waals surface area (Å²) in [6.07, 6.45) is 1.12. The minimum atomic E-state index is -0.347. The topological polar surface area (TPSA) is 73.9 Å². The molecule has 0 radical (unpaired) electrons. The minimum absolute atomic E-state index is 0.0628. The molecule has 0 aliphatic carbocycles. The maximum Gasteiger partial charge on any atom is 0.227 e. The van der Waals surface area contributed by atoms with Crippen molar-refractivity contribution < 1.29 is 14.3 Å². The highest BCUT2D eigenvalue weighted by Gasteiger charge is 2.36. The van der Waals surface area contributed by atoms with E-state index in [4.69, 9.17) is 16.3 Å². The summed E-state index contributed by atoms with van der Waals surface area (Å²) in [6, 6.07) is 5.15. The summed E-state index contributed by atoms with van der Waals surface area (Å²) in [6.45, 7) is 6.13. The number of hydrogen-bond donors (Lipinski definition) is 2. The van der Waals surface area contributed by atoms with Gasteiger partial charge in [0.25, 0.3) is 0 Å². The molecule has 2 fully saturated rings. The lowest BCUT2D eigenvalue weighted by Gasteiger charge is -2.27. The fraction of sp³-hybridized carbons (Fsp3) is 0.579. The van der Waals surface area contributed by atoms with Crippen LogP contribution in [-0.4, -0.2) is 69.6 Å². The highest BCUT2D eigenvalue weighted by atomic mass is 35.5. The van der Waals surface area contributed by atoms with Crippen molar-refractivity contribution in [1.29, 1.82) is 0 Å². The fourth-order valence-electron chi connectivity index (χ4n) is 3.58. The van der Waals surface area contributed by atoms with Gasteiger partial charge in [0, 0.05) is 50.7 Å². The normalized spacial score (nSPS) is 20.7. The van der Waals surface area contributed by atoms with Crippen molar-refractivity contribution >= 4 is 29.1 Å². The third-order valence-electron chi connectivity index (χ3n) is 5.09. The van der Waals surface area contributed by atoms with Crippen molar-refractivity contribution in [2.24, 2.45) is 5.92 Å². The molecule has 3 rings (SSSR count). The number of methoxy groups -OCH3 is 1. The molecular formula is C19H27ClN4O3. The number of ether oxygens (including phenoxy) is 1. The van der Waals surface area contributed by atoms with E-state index in [2.05, 4.69) is 15.5 Å². The Hall–Kier alpha value is -1.83. The summed E-state index contributed by atoms with van der Waals surface area (Å²) >= 11 is 6.07. The molecule has 2 aliphatic heterocycles. The maximum atomic E-state index is 12.5. The summed E-state index contributed by atoms with van der Waals surface area (Å²) in [7, 11) is 1.55. The Kier molecular flexibility index (Phi) is 6.93. The van der Waals surface area contributed by atoms with Crippen LogP contribution in [0.25, 0.3) is 0 Å². The first-order valence-corrected chi connectivity index (χ1v) is 9.81. The van der Waals surface area contributed by atoms with Gasteiger partial charge in [-0.05, 0) is 31.2 Å². The SMILES string of the molecule is COc1ccc(Cl)cc1N1CC(C(=O)NCCCN2CCNCC2)CC1=O. The third kappa shape index (κ3) is 5.12. The summed E-state index contributed by atoms with van der Waals surface area (Å²) in [4.78, 5) is 28.9. The van der Waals surface area contributed by atoms with Gasteiger partial charge < -0.3 is 25.2 Å². The number of benzene rings is 1. The molecule has 2 heterocycles. The van der Waals surface area contributed by atoms with E-state index in [9.17, 15) is 9.59 Å². The molecule has 1 aromatic carbocycles. The van der Waals surface area contributed by atoms with Crippen LogP contribution in [-0.2, 0) is 9.59 Å². The lowest BCUT2D eigenvalue weighted by atomic mass is 10.1. The highest BCUT2D eigenvalue weighted by Crippen LogP contribution is 2.35. The second kappa shape index (κ2) is 9.39. The smallest absolute Gasteiger partial charge is 0.227 e. The first-order chi connectivity index (χ1) is 13.1. The second-order valence-corrected chi connectivity index (χ2v) is 7.39. The summed E-state index contributed by atoms with van der Waals surface area (Å²) < 4.78 is 5.33. The van der Waals surface area contributed by atoms with Gasteiger partial charge in [-0.25, -0.2) is 0 Å². The Balaban J connectivity index is 1.49. The standard InChI is InChI=1S/C19H27ClN4O3/c1-27-17-4-3-15(20)12-16(17)24-13-14(11-18(24)25)19(26)22-5-2-8-23-9-6-21-7-10-23/h3-4,12,14,21H,2,5-11,13H2,1H3,(H,22,26). The zero-order chi connectivity index (χ0) is 19.2. The number of carbonyl (C=O) groups excluding carboxylic acids is 2. The van der Waals surface area contributed by atoms with Crippen molar-refractivity contribution in [1.82, 2.24) is 15.5 Å². The lowest BCUT2D eigenvalue weighted by molar-refractivity contribution is -0.126. The number of piperazine rings is 1. The largest absolute Gasteiger partial charge is 0.495 e. The molecule has 0 saturated carbocycles. The van der Waals surface area contributed by atoms with E-state index in [0.717, 1.165) is 39.1 Å². The first kappa shape index (κ1) is 19.9. The van der Waals surface area contributed by atoms with Gasteiger partial charge in [-0.2, -0.15) is 0 Å². The predicted molar refractivity (Wildman–Crippen MR) is 105 cm³/mol. The quantitative estimate of drug-likeness (QED) is 0.678. The van der Waals surface area contributed by atoms with Gasteiger partial charge >= 0.3 is 0 Å². The van der Waals surface area contributed by atoms with Gasteiger partial charge in [0.05, 0.1) is 18.7 Å². The van der Waals surface area contributed by atoms with Gasteiger partial charge in [0.15, 0.2) is 0 Å². The molecule has 2 aliphatic rings. The number of halogens is 1. The Morgan fingerprint density at radius 3 is 2.89 bits per heavy atom. The van der Waals surface area contributed by atoms with Crippen molar-refractivity contribution in [3.63, 3.8) is 0 Å². The number of nitrogens with zero attached hydrogens (tertiary/aromatic N) is 2. The molecule has 2 N–H and O–H groups in total. The maximum absolute atomic E-state index is 12.5. The lowest BCUT2D eigenvalue weighted by Crippen LogP contribution is -2.44. The number of amides is 2. The Bertz CT molecular complexity index is 679. The van der Waals surface area contributed by atoms with Gasteiger partial charge in [-0.3, -0.25) is 9.59 Å². The Labute approximate surface area is 165 Å². The molecule has 148 valence electrons. The number of anilines is 1. The Morgan fingerprint density at radius 1 is 1.37 bits per heavy atom. The minimum Gasteiger partial charge on any atom is -0.495 e. The summed E-state index contributed by atoms with van der Waals surface area (Å²) in [5.74, 6) is 0.0777. The van der Waals surface area contributed by atoms with Crippen LogP contribution in [0.4, 0.5) is 5.69 Å².